The predicted molar refractivity (Wildman–Crippen MR) is 54.9 cm³/mol. The molecule has 19 heavy (non-hydrogen) atoms. The van der Waals surface area contributed by atoms with Crippen molar-refractivity contribution in [1.29, 1.82) is 0 Å². The Morgan fingerprint density at radius 3 is 2.47 bits per heavy atom. The monoisotopic (exact) mass is 304 g/mol. The number of rotatable bonds is 3. The van der Waals surface area contributed by atoms with E-state index in [0.29, 0.717) is 0 Å². The van der Waals surface area contributed by atoms with Crippen LogP contribution in [0.4, 0.5) is 13.2 Å². The van der Waals surface area contributed by atoms with Crippen molar-refractivity contribution in [3.8, 4) is 0 Å². The molecule has 6 nitrogen and oxygen atoms in total. The zero-order valence-corrected chi connectivity index (χ0v) is 10.8. The summed E-state index contributed by atoms with van der Waals surface area (Å²) in [6.07, 6.45) is -0.431. The summed E-state index contributed by atoms with van der Waals surface area (Å²) in [6.45, 7) is 1.57. The van der Waals surface area contributed by atoms with Gasteiger partial charge < -0.3 is 13.7 Å². The third-order valence-electron chi connectivity index (χ3n) is 2.21. The van der Waals surface area contributed by atoms with E-state index in [1.807, 2.05) is 0 Å². The lowest BCUT2D eigenvalue weighted by molar-refractivity contribution is -0.142. The lowest BCUT2D eigenvalue weighted by Gasteiger charge is -2.24. The van der Waals surface area contributed by atoms with Gasteiger partial charge in [-0.3, -0.25) is 0 Å². The van der Waals surface area contributed by atoms with Gasteiger partial charge in [0.05, 0.1) is 13.2 Å². The van der Waals surface area contributed by atoms with Crippen LogP contribution in [0.25, 0.3) is 0 Å². The number of esters is 1. The van der Waals surface area contributed by atoms with Gasteiger partial charge in [0.1, 0.15) is 0 Å². The van der Waals surface area contributed by atoms with Crippen molar-refractivity contribution in [3.63, 3.8) is 0 Å². The van der Waals surface area contributed by atoms with Crippen molar-refractivity contribution in [2.45, 2.75) is 31.4 Å². The average molecular weight is 304 g/mol. The van der Waals surface area contributed by atoms with Crippen LogP contribution in [0.1, 0.15) is 19.8 Å². The Morgan fingerprint density at radius 1 is 1.42 bits per heavy atom. The molecule has 1 rings (SSSR count). The van der Waals surface area contributed by atoms with Crippen LogP contribution >= 0.6 is 0 Å². The number of halogens is 3. The second kappa shape index (κ2) is 5.27. The summed E-state index contributed by atoms with van der Waals surface area (Å²) in [5.41, 5.74) is -5.58. The van der Waals surface area contributed by atoms with Crippen LogP contribution in [0.3, 0.4) is 0 Å². The van der Waals surface area contributed by atoms with Gasteiger partial charge in [-0.15, -0.1) is 0 Å². The van der Waals surface area contributed by atoms with Gasteiger partial charge in [-0.2, -0.15) is 21.6 Å². The molecule has 1 atom stereocenters. The predicted octanol–water partition coefficient (Wildman–Crippen LogP) is 1.44. The molecule has 0 aliphatic carbocycles. The maximum atomic E-state index is 12.2. The molecule has 1 heterocycles. The second-order valence-electron chi connectivity index (χ2n) is 3.69. The van der Waals surface area contributed by atoms with Crippen molar-refractivity contribution < 1.29 is 40.0 Å². The lowest BCUT2D eigenvalue weighted by Crippen LogP contribution is -2.29. The van der Waals surface area contributed by atoms with Gasteiger partial charge in [-0.05, 0) is 13.3 Å². The van der Waals surface area contributed by atoms with Gasteiger partial charge in [0, 0.05) is 6.42 Å². The number of ether oxygens (including phenoxy) is 2. The summed E-state index contributed by atoms with van der Waals surface area (Å²) in [7, 11) is -4.86. The van der Waals surface area contributed by atoms with Gasteiger partial charge in [-0.25, -0.2) is 4.79 Å². The van der Waals surface area contributed by atoms with E-state index in [9.17, 15) is 26.4 Å². The molecule has 0 N–H and O–H groups in total. The molecule has 0 spiro atoms. The molecule has 10 heteroatoms. The molecule has 0 amide bonds. The van der Waals surface area contributed by atoms with Gasteiger partial charge in [0.25, 0.3) is 0 Å². The number of methoxy groups -OCH3 is 1. The Morgan fingerprint density at radius 2 is 2.00 bits per heavy atom. The first kappa shape index (κ1) is 15.6. The molecule has 0 radical (unpaired) electrons. The Hall–Kier alpha value is -1.45. The third kappa shape index (κ3) is 3.52. The highest BCUT2D eigenvalue weighted by Crippen LogP contribution is 2.32. The summed E-state index contributed by atoms with van der Waals surface area (Å²) >= 11 is 0. The van der Waals surface area contributed by atoms with Crippen molar-refractivity contribution in [2.75, 3.05) is 7.11 Å². The number of allylic oxidation sites excluding steroid dienone is 1. The fourth-order valence-corrected chi connectivity index (χ4v) is 1.81. The zero-order valence-electron chi connectivity index (χ0n) is 9.98. The zero-order chi connectivity index (χ0) is 14.8. The van der Waals surface area contributed by atoms with Crippen molar-refractivity contribution in [1.82, 2.24) is 0 Å². The van der Waals surface area contributed by atoms with E-state index in [0.717, 1.165) is 7.11 Å². The SMILES string of the molecule is COC(=O)C1=C(OS(=O)(=O)C(F)(F)F)CCC(C)O1. The first-order valence-corrected chi connectivity index (χ1v) is 6.48. The first-order valence-electron chi connectivity index (χ1n) is 5.07. The minimum atomic E-state index is -5.84. The molecule has 0 saturated carbocycles. The molecule has 0 aromatic carbocycles. The van der Waals surface area contributed by atoms with Crippen LogP contribution in [0.15, 0.2) is 11.5 Å². The molecule has 0 saturated heterocycles. The van der Waals surface area contributed by atoms with Gasteiger partial charge in [0.15, 0.2) is 5.76 Å². The fourth-order valence-electron chi connectivity index (χ4n) is 1.29. The van der Waals surface area contributed by atoms with Crippen LogP contribution in [0, 0.1) is 0 Å². The summed E-state index contributed by atoms with van der Waals surface area (Å²) in [5.74, 6) is -2.46. The van der Waals surface area contributed by atoms with E-state index in [-0.39, 0.29) is 12.8 Å². The summed E-state index contributed by atoms with van der Waals surface area (Å²) in [4.78, 5) is 11.3. The standard InChI is InChI=1S/C9H11F3O6S/c1-5-3-4-6(7(17-5)8(13)16-2)18-19(14,15)9(10,11)12/h5H,3-4H2,1-2H3. The normalized spacial score (nSPS) is 20.8. The molecule has 1 aliphatic heterocycles. The number of hydrogen-bond donors (Lipinski definition) is 0. The fraction of sp³-hybridized carbons (Fsp3) is 0.667. The van der Waals surface area contributed by atoms with Gasteiger partial charge in [-0.1, -0.05) is 0 Å². The van der Waals surface area contributed by atoms with E-state index in [1.54, 1.807) is 6.92 Å². The summed E-state index contributed by atoms with van der Waals surface area (Å²) in [6, 6.07) is 0. The average Bonchev–Trinajstić information content (AvgIpc) is 2.28. The second-order valence-corrected chi connectivity index (χ2v) is 5.23. The molecular weight excluding hydrogens is 293 g/mol. The molecular formula is C9H11F3O6S. The topological polar surface area (TPSA) is 78.9 Å². The van der Waals surface area contributed by atoms with Crippen LogP contribution in [-0.4, -0.2) is 33.1 Å². The highest BCUT2D eigenvalue weighted by Gasteiger charge is 2.49. The van der Waals surface area contributed by atoms with Crippen molar-refractivity contribution >= 4 is 16.1 Å². The van der Waals surface area contributed by atoms with E-state index >= 15 is 0 Å². The van der Waals surface area contributed by atoms with E-state index in [4.69, 9.17) is 4.74 Å². The maximum Gasteiger partial charge on any atom is 0.534 e. The van der Waals surface area contributed by atoms with Gasteiger partial charge >= 0.3 is 21.6 Å². The van der Waals surface area contributed by atoms with Crippen LogP contribution in [0.2, 0.25) is 0 Å². The molecule has 0 aromatic heterocycles. The number of carbonyl (C=O) groups is 1. The summed E-state index contributed by atoms with van der Waals surface area (Å²) < 4.78 is 71.5. The van der Waals surface area contributed by atoms with E-state index in [1.165, 1.54) is 0 Å². The number of hydrogen-bond acceptors (Lipinski definition) is 6. The molecule has 0 aromatic rings. The maximum absolute atomic E-state index is 12.2. The Bertz CT molecular complexity index is 493. The smallest absolute Gasteiger partial charge is 0.481 e. The molecule has 110 valence electrons. The van der Waals surface area contributed by atoms with Crippen molar-refractivity contribution in [2.24, 2.45) is 0 Å². The molecule has 0 bridgehead atoms. The highest BCUT2D eigenvalue weighted by atomic mass is 32.2. The Labute approximate surface area is 107 Å². The molecule has 1 unspecified atom stereocenters. The Balaban J connectivity index is 3.11. The first-order chi connectivity index (χ1) is 8.58. The summed E-state index contributed by atoms with van der Waals surface area (Å²) in [5, 5.41) is 0. The molecule has 1 aliphatic rings. The Kier molecular flexibility index (Phi) is 4.33. The number of carbonyl (C=O) groups excluding carboxylic acids is 1. The highest BCUT2D eigenvalue weighted by molar-refractivity contribution is 7.87. The van der Waals surface area contributed by atoms with Crippen molar-refractivity contribution in [3.05, 3.63) is 11.5 Å². The largest absolute Gasteiger partial charge is 0.534 e. The van der Waals surface area contributed by atoms with Gasteiger partial charge in [0.2, 0.25) is 5.76 Å². The van der Waals surface area contributed by atoms with Crippen LogP contribution in [-0.2, 0) is 28.6 Å². The number of alkyl halides is 3. The van der Waals surface area contributed by atoms with Crippen LogP contribution < -0.4 is 0 Å². The minimum absolute atomic E-state index is 0.180. The third-order valence-corrected chi connectivity index (χ3v) is 3.20. The lowest BCUT2D eigenvalue weighted by atomic mass is 10.1. The van der Waals surface area contributed by atoms with E-state index < -0.39 is 39.2 Å². The van der Waals surface area contributed by atoms with Crippen LogP contribution in [0.5, 0.6) is 0 Å². The van der Waals surface area contributed by atoms with E-state index in [2.05, 4.69) is 8.92 Å². The quantitative estimate of drug-likeness (QED) is 0.446. The minimum Gasteiger partial charge on any atom is -0.481 e. The molecule has 0 fully saturated rings.